The van der Waals surface area contributed by atoms with Crippen LogP contribution in [0.15, 0.2) is 0 Å². The molecule has 0 aromatic carbocycles. The Labute approximate surface area is 282 Å². The molecule has 1 rings (SSSR count). The van der Waals surface area contributed by atoms with Crippen molar-refractivity contribution in [1.82, 2.24) is 5.32 Å². The number of hydrogen-bond acceptors (Lipinski definition) is 11. The molecule has 0 saturated carbocycles. The average Bonchev–Trinajstić information content (AvgIpc) is 3.03. The van der Waals surface area contributed by atoms with E-state index < -0.39 is 78.5 Å². The smallest absolute Gasteiger partial charge is 0.394 e. The molecule has 1 amide bonds. The van der Waals surface area contributed by atoms with Gasteiger partial charge in [0, 0.05) is 0 Å². The number of aliphatic hydroxyl groups is 5. The molecule has 1 heterocycles. The van der Waals surface area contributed by atoms with Crippen LogP contribution in [0.3, 0.4) is 0 Å². The summed E-state index contributed by atoms with van der Waals surface area (Å²) in [5.41, 5.74) is 0. The number of unbranched alkanes of at least 4 members (excludes halogenated alkanes) is 16. The molecule has 0 bridgehead atoms. The van der Waals surface area contributed by atoms with Gasteiger partial charge in [-0.2, -0.15) is 8.42 Å². The molecular formula is C33H65NO12S. The first-order chi connectivity index (χ1) is 22.4. The van der Waals surface area contributed by atoms with Gasteiger partial charge in [-0.15, -0.1) is 0 Å². The zero-order valence-corrected chi connectivity index (χ0v) is 29.5. The van der Waals surface area contributed by atoms with Gasteiger partial charge in [-0.25, -0.2) is 4.18 Å². The monoisotopic (exact) mass is 699 g/mol. The molecule has 13 nitrogen and oxygen atoms in total. The highest BCUT2D eigenvalue weighted by Gasteiger charge is 2.48. The van der Waals surface area contributed by atoms with Crippen LogP contribution in [0.1, 0.15) is 142 Å². The second-order valence-corrected chi connectivity index (χ2v) is 14.0. The Hall–Kier alpha value is -0.940. The van der Waals surface area contributed by atoms with Gasteiger partial charge in [0.05, 0.1) is 25.4 Å². The standard InChI is InChI=1S/C33H65NO12S/c1-3-5-7-9-11-13-15-17-19-21-26(36)25(34-32(40)27(37)22-20-18-16-14-12-10-8-6-4-2)24-44-33-30(39)31(46-47(41,42)43)29(38)28(23-35)45-33/h25-31,33,35-39H,3-24H2,1-2H3,(H,34,40)(H,41,42,43). The minimum Gasteiger partial charge on any atom is -0.394 e. The number of hydrogen-bond donors (Lipinski definition) is 7. The number of carbonyl (C=O) groups excluding carboxylic acids is 1. The van der Waals surface area contributed by atoms with Crippen LogP contribution in [0.25, 0.3) is 0 Å². The van der Waals surface area contributed by atoms with Crippen molar-refractivity contribution in [2.24, 2.45) is 0 Å². The van der Waals surface area contributed by atoms with Gasteiger partial charge in [-0.1, -0.05) is 129 Å². The van der Waals surface area contributed by atoms with Crippen molar-refractivity contribution >= 4 is 16.3 Å². The van der Waals surface area contributed by atoms with Crippen LogP contribution in [-0.2, 0) is 28.9 Å². The van der Waals surface area contributed by atoms with E-state index in [-0.39, 0.29) is 6.42 Å². The van der Waals surface area contributed by atoms with E-state index in [0.29, 0.717) is 19.3 Å². The summed E-state index contributed by atoms with van der Waals surface area (Å²) in [5, 5.41) is 54.7. The number of nitrogens with one attached hydrogen (secondary N) is 1. The van der Waals surface area contributed by atoms with Gasteiger partial charge in [-0.3, -0.25) is 9.35 Å². The van der Waals surface area contributed by atoms with Crippen LogP contribution in [-0.4, -0.2) is 107 Å². The van der Waals surface area contributed by atoms with E-state index in [1.165, 1.54) is 64.2 Å². The third-order valence-electron chi connectivity index (χ3n) is 8.77. The highest BCUT2D eigenvalue weighted by atomic mass is 32.3. The van der Waals surface area contributed by atoms with Crippen molar-refractivity contribution in [2.75, 3.05) is 13.2 Å². The van der Waals surface area contributed by atoms with Crippen molar-refractivity contribution in [2.45, 2.75) is 191 Å². The number of amides is 1. The highest BCUT2D eigenvalue weighted by molar-refractivity contribution is 7.80. The summed E-state index contributed by atoms with van der Waals surface area (Å²) in [6, 6.07) is -1.02. The average molecular weight is 700 g/mol. The van der Waals surface area contributed by atoms with E-state index in [4.69, 9.17) is 14.0 Å². The summed E-state index contributed by atoms with van der Waals surface area (Å²) < 4.78 is 47.1. The molecule has 0 aromatic heterocycles. The Morgan fingerprint density at radius 1 is 0.766 bits per heavy atom. The minimum absolute atomic E-state index is 0.263. The molecule has 14 heteroatoms. The van der Waals surface area contributed by atoms with Crippen molar-refractivity contribution in [3.8, 4) is 0 Å². The van der Waals surface area contributed by atoms with Gasteiger partial charge >= 0.3 is 10.4 Å². The van der Waals surface area contributed by atoms with Crippen molar-refractivity contribution in [1.29, 1.82) is 0 Å². The maximum Gasteiger partial charge on any atom is 0.397 e. The predicted molar refractivity (Wildman–Crippen MR) is 178 cm³/mol. The molecule has 1 saturated heterocycles. The van der Waals surface area contributed by atoms with Crippen LogP contribution in [0.2, 0.25) is 0 Å². The van der Waals surface area contributed by atoms with Gasteiger partial charge in [-0.05, 0) is 12.8 Å². The normalized spacial score (nSPS) is 23.8. The van der Waals surface area contributed by atoms with Crippen LogP contribution in [0.4, 0.5) is 0 Å². The SMILES string of the molecule is CCCCCCCCCCCC(O)C(=O)NC(COC1OC(CO)C(O)C(OS(=O)(=O)O)C1O)C(O)CCCCCCCCCCC. The lowest BCUT2D eigenvalue weighted by Crippen LogP contribution is -2.61. The first-order valence-electron chi connectivity index (χ1n) is 18.0. The topological polar surface area (TPSA) is 212 Å². The first-order valence-corrected chi connectivity index (χ1v) is 19.4. The minimum atomic E-state index is -5.09. The van der Waals surface area contributed by atoms with E-state index in [2.05, 4.69) is 23.3 Å². The molecule has 7 N–H and O–H groups in total. The summed E-state index contributed by atoms with van der Waals surface area (Å²) in [6.45, 7) is 3.17. The largest absolute Gasteiger partial charge is 0.397 e. The van der Waals surface area contributed by atoms with Crippen molar-refractivity contribution in [3.63, 3.8) is 0 Å². The fourth-order valence-electron chi connectivity index (χ4n) is 5.82. The second-order valence-electron chi connectivity index (χ2n) is 13.0. The lowest BCUT2D eigenvalue weighted by Gasteiger charge is -2.41. The zero-order chi connectivity index (χ0) is 35.1. The van der Waals surface area contributed by atoms with Crippen LogP contribution >= 0.6 is 0 Å². The summed E-state index contributed by atoms with van der Waals surface area (Å²) in [7, 11) is -5.09. The molecule has 0 aromatic rings. The van der Waals surface area contributed by atoms with Gasteiger partial charge in [0.15, 0.2) is 6.29 Å². The molecule has 8 unspecified atom stereocenters. The van der Waals surface area contributed by atoms with Crippen LogP contribution in [0, 0.1) is 0 Å². The van der Waals surface area contributed by atoms with Crippen LogP contribution in [0.5, 0.6) is 0 Å². The maximum absolute atomic E-state index is 12.9. The number of rotatable bonds is 29. The lowest BCUT2D eigenvalue weighted by molar-refractivity contribution is -0.298. The summed E-state index contributed by atoms with van der Waals surface area (Å²) >= 11 is 0. The highest BCUT2D eigenvalue weighted by Crippen LogP contribution is 2.26. The Morgan fingerprint density at radius 2 is 1.23 bits per heavy atom. The molecule has 0 aliphatic carbocycles. The summed E-state index contributed by atoms with van der Waals surface area (Å²) in [6.07, 6.45) is 9.12. The van der Waals surface area contributed by atoms with Gasteiger partial charge in [0.1, 0.15) is 30.5 Å². The van der Waals surface area contributed by atoms with Gasteiger partial charge in [0.25, 0.3) is 0 Å². The summed E-state index contributed by atoms with van der Waals surface area (Å²) in [4.78, 5) is 12.9. The lowest BCUT2D eigenvalue weighted by atomic mass is 9.99. The quantitative estimate of drug-likeness (QED) is 0.0440. The zero-order valence-electron chi connectivity index (χ0n) is 28.7. The Balaban J connectivity index is 2.73. The van der Waals surface area contributed by atoms with Crippen molar-refractivity contribution < 1.29 is 57.0 Å². The fourth-order valence-corrected chi connectivity index (χ4v) is 6.32. The van der Waals surface area contributed by atoms with Crippen molar-refractivity contribution in [3.05, 3.63) is 0 Å². The Kier molecular flexibility index (Phi) is 24.3. The molecule has 47 heavy (non-hydrogen) atoms. The predicted octanol–water partition coefficient (Wildman–Crippen LogP) is 3.68. The van der Waals surface area contributed by atoms with Crippen LogP contribution < -0.4 is 5.32 Å². The summed E-state index contributed by atoms with van der Waals surface area (Å²) in [5.74, 6) is -0.675. The van der Waals surface area contributed by atoms with Gasteiger partial charge < -0.3 is 40.3 Å². The van der Waals surface area contributed by atoms with E-state index in [1.807, 2.05) is 0 Å². The molecular weight excluding hydrogens is 634 g/mol. The van der Waals surface area contributed by atoms with Gasteiger partial charge in [0.2, 0.25) is 5.91 Å². The molecule has 1 aliphatic heterocycles. The Bertz CT molecular complexity index is 895. The third kappa shape index (κ3) is 19.7. The fraction of sp³-hybridized carbons (Fsp3) is 0.970. The first kappa shape index (κ1) is 44.1. The molecule has 1 aliphatic rings. The number of carbonyl (C=O) groups is 1. The molecule has 1 fully saturated rings. The number of aliphatic hydroxyl groups excluding tert-OH is 5. The molecule has 0 radical (unpaired) electrons. The number of ether oxygens (including phenoxy) is 2. The van der Waals surface area contributed by atoms with E-state index in [9.17, 15) is 38.7 Å². The van der Waals surface area contributed by atoms with E-state index >= 15 is 0 Å². The third-order valence-corrected chi connectivity index (χ3v) is 9.24. The second kappa shape index (κ2) is 25.9. The maximum atomic E-state index is 12.9. The van der Waals surface area contributed by atoms with E-state index in [0.717, 1.165) is 38.5 Å². The molecule has 8 atom stereocenters. The Morgan fingerprint density at radius 3 is 1.70 bits per heavy atom. The molecule has 280 valence electrons. The van der Waals surface area contributed by atoms with E-state index in [1.54, 1.807) is 0 Å². The molecule has 0 spiro atoms.